The zero-order chi connectivity index (χ0) is 50.6. The van der Waals surface area contributed by atoms with Gasteiger partial charge in [0.15, 0.2) is 0 Å². The number of nitrogens with one attached hydrogen (secondary N) is 2. The van der Waals surface area contributed by atoms with Crippen molar-refractivity contribution in [3.8, 4) is 34.2 Å². The molecule has 2 saturated heterocycles. The summed E-state index contributed by atoms with van der Waals surface area (Å²) in [6.45, 7) is 10.6. The number of likely N-dealkylation sites (N-methyl/N-ethyl adjacent to an activating group) is 1. The monoisotopic (exact) mass is 970 g/mol. The summed E-state index contributed by atoms with van der Waals surface area (Å²) in [5.41, 5.74) is 10.3. The smallest absolute Gasteiger partial charge is 0.324 e. The van der Waals surface area contributed by atoms with Gasteiger partial charge in [0, 0.05) is 92.9 Å². The van der Waals surface area contributed by atoms with Crippen molar-refractivity contribution in [1.29, 1.82) is 0 Å². The highest BCUT2D eigenvalue weighted by Gasteiger charge is 2.42. The maximum atomic E-state index is 14.9. The van der Waals surface area contributed by atoms with Gasteiger partial charge < -0.3 is 29.2 Å². The number of aromatic nitrogens is 3. The fraction of sp³-hybridized carbons (Fsp3) is 0.545. The number of nitrogens with zero attached hydrogens (tertiary/aromatic N) is 7. The fourth-order valence-corrected chi connectivity index (χ4v) is 11.0. The lowest BCUT2D eigenvalue weighted by Crippen LogP contribution is -2.62. The molecule has 3 aromatic heterocycles. The van der Waals surface area contributed by atoms with Crippen molar-refractivity contribution in [3.63, 3.8) is 0 Å². The number of hydrogen-bond donors (Lipinski definition) is 2. The summed E-state index contributed by atoms with van der Waals surface area (Å²) in [5, 5.41) is 5.63. The number of benzene rings is 1. The van der Waals surface area contributed by atoms with E-state index in [1.54, 1.807) is 36.4 Å². The third-order valence-electron chi connectivity index (χ3n) is 14.9. The van der Waals surface area contributed by atoms with Gasteiger partial charge in [-0.2, -0.15) is 0 Å². The van der Waals surface area contributed by atoms with E-state index in [9.17, 15) is 24.0 Å². The number of pyridine rings is 2. The van der Waals surface area contributed by atoms with E-state index in [4.69, 9.17) is 14.5 Å². The van der Waals surface area contributed by atoms with Crippen LogP contribution >= 0.6 is 0 Å². The molecule has 4 aromatic rings. The molecule has 3 fully saturated rings. The van der Waals surface area contributed by atoms with Gasteiger partial charge in [-0.05, 0) is 131 Å². The predicted molar refractivity (Wildman–Crippen MR) is 271 cm³/mol. The second-order valence-corrected chi connectivity index (χ2v) is 20.9. The molecule has 6 heterocycles. The number of hydrogen-bond acceptors (Lipinski definition) is 11. The van der Waals surface area contributed by atoms with E-state index < -0.39 is 47.2 Å². The lowest BCUT2D eigenvalue weighted by molar-refractivity contribution is -0.155. The lowest BCUT2D eigenvalue weighted by atomic mass is 9.84. The molecule has 1 saturated carbocycles. The maximum Gasteiger partial charge on any atom is 0.324 e. The Morgan fingerprint density at radius 2 is 1.77 bits per heavy atom. The molecule has 0 unspecified atom stereocenters. The van der Waals surface area contributed by atoms with Crippen molar-refractivity contribution in [2.24, 2.45) is 17.3 Å². The number of aryl methyl sites for hydroxylation is 1. The first-order valence-electron chi connectivity index (χ1n) is 25.4. The molecule has 71 heavy (non-hydrogen) atoms. The molecule has 16 heteroatoms. The van der Waals surface area contributed by atoms with Crippen LogP contribution in [0.1, 0.15) is 95.6 Å². The number of amides is 4. The van der Waals surface area contributed by atoms with E-state index in [1.165, 1.54) is 5.01 Å². The van der Waals surface area contributed by atoms with Crippen molar-refractivity contribution in [2.45, 2.75) is 116 Å². The van der Waals surface area contributed by atoms with Crippen LogP contribution in [0.5, 0.6) is 0 Å². The quantitative estimate of drug-likeness (QED) is 0.150. The number of fused-ring (bicyclic) bond motifs is 6. The molecule has 16 nitrogen and oxygen atoms in total. The van der Waals surface area contributed by atoms with Gasteiger partial charge in [0.25, 0.3) is 11.8 Å². The van der Waals surface area contributed by atoms with Crippen LogP contribution in [0.25, 0.3) is 33.3 Å². The molecule has 6 bridgehead atoms. The summed E-state index contributed by atoms with van der Waals surface area (Å²) in [7, 11) is 7.14. The van der Waals surface area contributed by atoms with Crippen LogP contribution in [0, 0.1) is 29.1 Å². The molecule has 378 valence electrons. The Kier molecular flexibility index (Phi) is 15.9. The number of hydrazine groups is 1. The standard InChI is InChI=1S/C55H71N9O7/c1-9-63-47-19-18-37-29-42(47)43(50(63)44-32-56-23-21-41(44)35(2)70-8)31-55(3,4)34-71-54(69)45-16-12-26-64(59-45)53(68)46(30-40-28-38(37)20-24-57-40)58-51(66)49(36-14-10-11-15-36)61(7)52(67)39-22-27-62(33-39)48(65)17-13-25-60(5)6/h18-21,23-24,28-29,32,35-36,39,45-46,49,59H,9-12,14-16,22,25-27,30-31,33-34H2,1-8H3,(H,58,66)/t35-,39-,45-,46-,49-/m0/s1. The first-order chi connectivity index (χ1) is 34.1. The van der Waals surface area contributed by atoms with Gasteiger partial charge in [0.1, 0.15) is 18.1 Å². The van der Waals surface area contributed by atoms with Crippen molar-refractivity contribution in [3.05, 3.63) is 71.8 Å². The summed E-state index contributed by atoms with van der Waals surface area (Å²) in [5.74, 6) is 3.15. The van der Waals surface area contributed by atoms with Crippen LogP contribution in [-0.4, -0.2) is 143 Å². The third kappa shape index (κ3) is 11.3. The highest BCUT2D eigenvalue weighted by molar-refractivity contribution is 5.97. The number of likely N-dealkylation sites (tertiary alicyclic amines) is 1. The van der Waals surface area contributed by atoms with Crippen molar-refractivity contribution in [2.75, 3.05) is 61.0 Å². The number of methoxy groups -OCH3 is 1. The first kappa shape index (κ1) is 51.2. The molecule has 1 aliphatic carbocycles. The molecule has 0 spiro atoms. The minimum atomic E-state index is -1.10. The van der Waals surface area contributed by atoms with E-state index in [1.807, 2.05) is 50.3 Å². The summed E-state index contributed by atoms with van der Waals surface area (Å²) >= 11 is 0. The van der Waals surface area contributed by atoms with Crippen LogP contribution in [-0.2, 0) is 52.8 Å². The molecule has 0 radical (unpaired) electrons. The van der Waals surface area contributed by atoms with E-state index in [-0.39, 0.29) is 43.4 Å². The minimum Gasteiger partial charge on any atom is -0.464 e. The predicted octanol–water partition coefficient (Wildman–Crippen LogP) is 5.57. The average molecular weight is 970 g/mol. The van der Waals surface area contributed by atoms with E-state index in [0.717, 1.165) is 70.1 Å². The van der Waals surface area contributed by atoms with Crippen LogP contribution in [0.2, 0.25) is 0 Å². The van der Waals surface area contributed by atoms with Gasteiger partial charge in [-0.1, -0.05) is 38.7 Å². The summed E-state index contributed by atoms with van der Waals surface area (Å²) in [6, 6.07) is 9.67. The van der Waals surface area contributed by atoms with Crippen LogP contribution in [0.4, 0.5) is 0 Å². The number of rotatable bonds is 10. The largest absolute Gasteiger partial charge is 0.464 e. The van der Waals surface area contributed by atoms with Gasteiger partial charge in [0.2, 0.25) is 11.8 Å². The number of esters is 1. The normalized spacial score (nSPS) is 21.6. The van der Waals surface area contributed by atoms with E-state index >= 15 is 0 Å². The Bertz CT molecular complexity index is 2700. The minimum absolute atomic E-state index is 0.0504. The Hall–Kier alpha value is -6.15. The SMILES string of the molecule is CCn1c(-c2cnccc2[C@H](C)OC)c2c3cc(ccc31)-c1ccnc(c1)C[C@H](NC(=O)[C@H](C1CCCC1)N(C)C(=O)[C@H]1CCN(C(=O)C#CCN(C)C)C1)C(=O)N1CCC[C@H](N1)C(=O)OCC(C)(C)C2. The van der Waals surface area contributed by atoms with Crippen molar-refractivity contribution in [1.82, 2.24) is 45.0 Å². The molecule has 5 atom stereocenters. The summed E-state index contributed by atoms with van der Waals surface area (Å²) in [4.78, 5) is 85.5. The van der Waals surface area contributed by atoms with Crippen LogP contribution in [0.3, 0.4) is 0 Å². The Morgan fingerprint density at radius 1 is 1.00 bits per heavy atom. The molecule has 4 aliphatic rings. The molecular weight excluding hydrogens is 899 g/mol. The lowest BCUT2D eigenvalue weighted by Gasteiger charge is -2.37. The van der Waals surface area contributed by atoms with E-state index in [2.05, 4.69) is 71.1 Å². The van der Waals surface area contributed by atoms with Gasteiger partial charge >= 0.3 is 5.97 Å². The molecule has 2 N–H and O–H groups in total. The summed E-state index contributed by atoms with van der Waals surface area (Å²) in [6.07, 6.45) is 10.7. The third-order valence-corrected chi connectivity index (χ3v) is 14.9. The molecule has 8 rings (SSSR count). The molecule has 4 amide bonds. The van der Waals surface area contributed by atoms with Crippen LogP contribution < -0.4 is 10.7 Å². The van der Waals surface area contributed by atoms with Crippen molar-refractivity contribution < 1.29 is 33.4 Å². The Balaban J connectivity index is 1.15. The number of cyclic esters (lactones) is 1. The van der Waals surface area contributed by atoms with E-state index in [0.29, 0.717) is 57.6 Å². The molecule has 1 aromatic carbocycles. The second kappa shape index (κ2) is 22.1. The highest BCUT2D eigenvalue weighted by atomic mass is 16.5. The average Bonchev–Trinajstić information content (AvgIpc) is 4.15. The number of carbonyl (C=O) groups is 5. The molecular formula is C55H71N9O7. The Labute approximate surface area is 418 Å². The second-order valence-electron chi connectivity index (χ2n) is 20.9. The Morgan fingerprint density at radius 3 is 2.52 bits per heavy atom. The fourth-order valence-electron chi connectivity index (χ4n) is 11.0. The zero-order valence-electron chi connectivity index (χ0n) is 42.8. The highest BCUT2D eigenvalue weighted by Crippen LogP contribution is 2.42. The topological polar surface area (TPSA) is 172 Å². The number of carbonyl (C=O) groups excluding carboxylic acids is 5. The number of ether oxygens (including phenoxy) is 2. The first-order valence-corrected chi connectivity index (χ1v) is 25.4. The van der Waals surface area contributed by atoms with Gasteiger partial charge in [0.05, 0.1) is 30.9 Å². The molecule has 3 aliphatic heterocycles. The summed E-state index contributed by atoms with van der Waals surface area (Å²) < 4.78 is 14.4. The van der Waals surface area contributed by atoms with Gasteiger partial charge in [-0.3, -0.25) is 43.8 Å². The van der Waals surface area contributed by atoms with Crippen molar-refractivity contribution >= 4 is 40.5 Å². The van der Waals surface area contributed by atoms with Gasteiger partial charge in [-0.15, -0.1) is 0 Å². The zero-order valence-corrected chi connectivity index (χ0v) is 42.8. The maximum absolute atomic E-state index is 14.9. The van der Waals surface area contributed by atoms with Gasteiger partial charge in [-0.25, -0.2) is 5.43 Å². The van der Waals surface area contributed by atoms with Crippen LogP contribution in [0.15, 0.2) is 55.0 Å².